The summed E-state index contributed by atoms with van der Waals surface area (Å²) < 4.78 is 5.38. The number of fused-ring (bicyclic) bond motifs is 2. The standard InChI is InChI=1S/C19H18N4O2S/c1-19(24,14-4-3-7-20-11-14)13-5-6-16-15(10-13)23(12-25-2)17-18(26-16)22-9-8-21-17/h3-11,24H,12H2,1-2H3. The Morgan fingerprint density at radius 3 is 2.77 bits per heavy atom. The summed E-state index contributed by atoms with van der Waals surface area (Å²) in [6, 6.07) is 9.60. The van der Waals surface area contributed by atoms with Gasteiger partial charge in [0.25, 0.3) is 0 Å². The van der Waals surface area contributed by atoms with Crippen LogP contribution in [-0.4, -0.2) is 33.9 Å². The van der Waals surface area contributed by atoms with Crippen LogP contribution in [0.2, 0.25) is 0 Å². The normalized spacial score (nSPS) is 15.1. The molecular formula is C19H18N4O2S. The molecule has 3 heterocycles. The van der Waals surface area contributed by atoms with Gasteiger partial charge in [-0.25, -0.2) is 9.97 Å². The van der Waals surface area contributed by atoms with Gasteiger partial charge in [-0.2, -0.15) is 0 Å². The highest BCUT2D eigenvalue weighted by Crippen LogP contribution is 2.47. The van der Waals surface area contributed by atoms with Crippen LogP contribution in [0, 0.1) is 0 Å². The Balaban J connectivity index is 1.81. The van der Waals surface area contributed by atoms with Crippen molar-refractivity contribution in [3.63, 3.8) is 0 Å². The van der Waals surface area contributed by atoms with Crippen molar-refractivity contribution in [2.75, 3.05) is 18.7 Å². The SMILES string of the molecule is COCN1c2cc(C(C)(O)c3cccnc3)ccc2Sc2nccnc21. The molecule has 0 bridgehead atoms. The van der Waals surface area contributed by atoms with Gasteiger partial charge in [-0.3, -0.25) is 9.88 Å². The molecule has 1 aliphatic heterocycles. The van der Waals surface area contributed by atoms with E-state index >= 15 is 0 Å². The zero-order valence-electron chi connectivity index (χ0n) is 14.5. The van der Waals surface area contributed by atoms with Crippen molar-refractivity contribution < 1.29 is 9.84 Å². The lowest BCUT2D eigenvalue weighted by atomic mass is 9.89. The van der Waals surface area contributed by atoms with Gasteiger partial charge in [0, 0.05) is 42.4 Å². The van der Waals surface area contributed by atoms with Crippen molar-refractivity contribution in [1.29, 1.82) is 0 Å². The van der Waals surface area contributed by atoms with Crippen LogP contribution in [0.3, 0.4) is 0 Å². The Hall–Kier alpha value is -2.48. The Kier molecular flexibility index (Phi) is 4.36. The molecule has 3 aromatic rings. The summed E-state index contributed by atoms with van der Waals surface area (Å²) in [5, 5.41) is 12.0. The number of hydrogen-bond acceptors (Lipinski definition) is 7. The van der Waals surface area contributed by atoms with E-state index in [0.717, 1.165) is 32.6 Å². The molecule has 0 radical (unpaired) electrons. The maximum Gasteiger partial charge on any atom is 0.168 e. The molecular weight excluding hydrogens is 348 g/mol. The van der Waals surface area contributed by atoms with E-state index in [2.05, 4.69) is 15.0 Å². The third-order valence-corrected chi connectivity index (χ3v) is 5.45. The van der Waals surface area contributed by atoms with E-state index in [1.165, 1.54) is 0 Å². The lowest BCUT2D eigenvalue weighted by molar-refractivity contribution is 0.102. The van der Waals surface area contributed by atoms with Gasteiger partial charge in [0.2, 0.25) is 0 Å². The second-order valence-corrected chi connectivity index (χ2v) is 7.16. The van der Waals surface area contributed by atoms with Crippen molar-refractivity contribution in [2.24, 2.45) is 0 Å². The second kappa shape index (κ2) is 6.68. The van der Waals surface area contributed by atoms with Gasteiger partial charge in [-0.1, -0.05) is 23.9 Å². The number of aliphatic hydroxyl groups is 1. The minimum Gasteiger partial charge on any atom is -0.381 e. The topological polar surface area (TPSA) is 71.4 Å². The van der Waals surface area contributed by atoms with E-state index in [1.54, 1.807) is 50.6 Å². The summed E-state index contributed by atoms with van der Waals surface area (Å²) in [7, 11) is 1.65. The zero-order chi connectivity index (χ0) is 18.1. The van der Waals surface area contributed by atoms with E-state index in [1.807, 2.05) is 35.2 Å². The minimum absolute atomic E-state index is 0.345. The summed E-state index contributed by atoms with van der Waals surface area (Å²) in [6.07, 6.45) is 6.73. The zero-order valence-corrected chi connectivity index (χ0v) is 15.3. The summed E-state index contributed by atoms with van der Waals surface area (Å²) in [5.74, 6) is 0.755. The minimum atomic E-state index is -1.16. The molecule has 132 valence electrons. The van der Waals surface area contributed by atoms with Gasteiger partial charge in [-0.15, -0.1) is 0 Å². The maximum absolute atomic E-state index is 11.1. The first-order valence-corrected chi connectivity index (χ1v) is 8.95. The van der Waals surface area contributed by atoms with Gasteiger partial charge in [-0.05, 0) is 30.7 Å². The number of methoxy groups -OCH3 is 1. The first-order chi connectivity index (χ1) is 12.6. The van der Waals surface area contributed by atoms with E-state index < -0.39 is 5.60 Å². The van der Waals surface area contributed by atoms with Crippen molar-refractivity contribution >= 4 is 23.3 Å². The number of anilines is 2. The van der Waals surface area contributed by atoms with E-state index in [4.69, 9.17) is 4.74 Å². The highest BCUT2D eigenvalue weighted by Gasteiger charge is 2.30. The molecule has 1 N–H and O–H groups in total. The summed E-state index contributed by atoms with van der Waals surface area (Å²) in [6.45, 7) is 2.12. The molecule has 1 aromatic carbocycles. The second-order valence-electron chi connectivity index (χ2n) is 6.13. The Bertz CT molecular complexity index is 934. The molecule has 2 aromatic heterocycles. The Morgan fingerprint density at radius 2 is 2.00 bits per heavy atom. The maximum atomic E-state index is 11.1. The molecule has 4 rings (SSSR count). The van der Waals surface area contributed by atoms with E-state index in [9.17, 15) is 5.11 Å². The van der Waals surface area contributed by atoms with Gasteiger partial charge in [0.1, 0.15) is 17.4 Å². The third kappa shape index (κ3) is 2.84. The molecule has 26 heavy (non-hydrogen) atoms. The highest BCUT2D eigenvalue weighted by atomic mass is 32.2. The Morgan fingerprint density at radius 1 is 1.15 bits per heavy atom. The highest BCUT2D eigenvalue weighted by molar-refractivity contribution is 7.99. The Labute approximate surface area is 155 Å². The third-order valence-electron chi connectivity index (χ3n) is 4.40. The molecule has 0 amide bonds. The monoisotopic (exact) mass is 366 g/mol. The van der Waals surface area contributed by atoms with Crippen LogP contribution in [-0.2, 0) is 10.3 Å². The molecule has 0 spiro atoms. The van der Waals surface area contributed by atoms with Gasteiger partial charge in [0.15, 0.2) is 5.82 Å². The lowest BCUT2D eigenvalue weighted by Gasteiger charge is -2.32. The fraction of sp³-hybridized carbons (Fsp3) is 0.211. The average molecular weight is 366 g/mol. The summed E-state index contributed by atoms with van der Waals surface area (Å²) in [4.78, 5) is 16.0. The van der Waals surface area contributed by atoms with Crippen molar-refractivity contribution in [1.82, 2.24) is 15.0 Å². The van der Waals surface area contributed by atoms with Crippen LogP contribution in [0.25, 0.3) is 0 Å². The molecule has 7 heteroatoms. The van der Waals surface area contributed by atoms with Gasteiger partial charge in [0.05, 0.1) is 5.69 Å². The molecule has 0 fully saturated rings. The molecule has 0 saturated carbocycles. The number of ether oxygens (including phenoxy) is 1. The first-order valence-electron chi connectivity index (χ1n) is 8.14. The van der Waals surface area contributed by atoms with Gasteiger partial charge < -0.3 is 9.84 Å². The quantitative estimate of drug-likeness (QED) is 0.759. The van der Waals surface area contributed by atoms with Gasteiger partial charge >= 0.3 is 0 Å². The van der Waals surface area contributed by atoms with Crippen LogP contribution in [0.15, 0.2) is 65.0 Å². The van der Waals surface area contributed by atoms with Crippen LogP contribution in [0.1, 0.15) is 18.1 Å². The number of rotatable bonds is 4. The van der Waals surface area contributed by atoms with Crippen molar-refractivity contribution in [3.05, 3.63) is 66.2 Å². The predicted molar refractivity (Wildman–Crippen MR) is 99.5 cm³/mol. The molecule has 0 saturated heterocycles. The van der Waals surface area contributed by atoms with Crippen molar-refractivity contribution in [2.45, 2.75) is 22.4 Å². The number of nitrogens with zero attached hydrogens (tertiary/aromatic N) is 4. The molecule has 1 unspecified atom stereocenters. The first kappa shape index (κ1) is 17.0. The molecule has 1 atom stereocenters. The van der Waals surface area contributed by atoms with Crippen LogP contribution < -0.4 is 4.90 Å². The van der Waals surface area contributed by atoms with Crippen molar-refractivity contribution in [3.8, 4) is 0 Å². The smallest absolute Gasteiger partial charge is 0.168 e. The lowest BCUT2D eigenvalue weighted by Crippen LogP contribution is -2.27. The van der Waals surface area contributed by atoms with E-state index in [-0.39, 0.29) is 0 Å². The summed E-state index contributed by atoms with van der Waals surface area (Å²) in [5.41, 5.74) is 1.29. The fourth-order valence-electron chi connectivity index (χ4n) is 2.99. The van der Waals surface area contributed by atoms with Crippen LogP contribution >= 0.6 is 11.8 Å². The average Bonchev–Trinajstić information content (AvgIpc) is 2.68. The number of aromatic nitrogens is 3. The summed E-state index contributed by atoms with van der Waals surface area (Å²) >= 11 is 1.56. The molecule has 0 aliphatic carbocycles. The van der Waals surface area contributed by atoms with E-state index in [0.29, 0.717) is 6.73 Å². The predicted octanol–water partition coefficient (Wildman–Crippen LogP) is 3.33. The number of pyridine rings is 1. The largest absolute Gasteiger partial charge is 0.381 e. The number of benzene rings is 1. The number of hydrogen-bond donors (Lipinski definition) is 1. The van der Waals surface area contributed by atoms with Crippen LogP contribution in [0.4, 0.5) is 11.5 Å². The molecule has 1 aliphatic rings. The fourth-order valence-corrected chi connectivity index (χ4v) is 3.97. The van der Waals surface area contributed by atoms with Crippen LogP contribution in [0.5, 0.6) is 0 Å². The molecule has 6 nitrogen and oxygen atoms in total.